The molecule has 0 amide bonds. The molecule has 1 aromatic carbocycles. The SMILES string of the molecule is CC1CNCCN1Cc1cc(CNC2(c3ccsc3)CCCC2)ccc1O. The summed E-state index contributed by atoms with van der Waals surface area (Å²) < 4.78 is 0. The van der Waals surface area contributed by atoms with Crippen LogP contribution in [0.2, 0.25) is 0 Å². The molecule has 1 aliphatic heterocycles. The van der Waals surface area contributed by atoms with Crippen molar-refractivity contribution in [2.45, 2.75) is 57.3 Å². The van der Waals surface area contributed by atoms with Crippen LogP contribution in [0.4, 0.5) is 0 Å². The predicted molar refractivity (Wildman–Crippen MR) is 112 cm³/mol. The van der Waals surface area contributed by atoms with E-state index in [1.54, 1.807) is 11.3 Å². The Hall–Kier alpha value is -1.40. The Morgan fingerprint density at radius 1 is 1.30 bits per heavy atom. The summed E-state index contributed by atoms with van der Waals surface area (Å²) >= 11 is 1.79. The number of aromatic hydroxyl groups is 1. The van der Waals surface area contributed by atoms with Crippen molar-refractivity contribution in [2.75, 3.05) is 19.6 Å². The van der Waals surface area contributed by atoms with Gasteiger partial charge in [0.1, 0.15) is 5.75 Å². The van der Waals surface area contributed by atoms with Gasteiger partial charge in [-0.2, -0.15) is 11.3 Å². The van der Waals surface area contributed by atoms with Crippen LogP contribution in [0.5, 0.6) is 5.75 Å². The van der Waals surface area contributed by atoms with Crippen LogP contribution in [0.3, 0.4) is 0 Å². The molecule has 1 aliphatic carbocycles. The highest BCUT2D eigenvalue weighted by Crippen LogP contribution is 2.40. The lowest BCUT2D eigenvalue weighted by molar-refractivity contribution is 0.164. The number of hydrogen-bond acceptors (Lipinski definition) is 5. The summed E-state index contributed by atoms with van der Waals surface area (Å²) in [7, 11) is 0. The van der Waals surface area contributed by atoms with Crippen LogP contribution in [0, 0.1) is 0 Å². The van der Waals surface area contributed by atoms with E-state index in [2.05, 4.69) is 51.4 Å². The lowest BCUT2D eigenvalue weighted by atomic mass is 9.90. The second-order valence-corrected chi connectivity index (χ2v) is 8.92. The van der Waals surface area contributed by atoms with Crippen LogP contribution in [0.25, 0.3) is 0 Å². The number of piperazine rings is 1. The van der Waals surface area contributed by atoms with Gasteiger partial charge in [0.05, 0.1) is 0 Å². The summed E-state index contributed by atoms with van der Waals surface area (Å²) in [5.41, 5.74) is 3.87. The summed E-state index contributed by atoms with van der Waals surface area (Å²) in [6.45, 7) is 6.99. The molecule has 146 valence electrons. The normalized spacial score (nSPS) is 22.9. The number of hydrogen-bond donors (Lipinski definition) is 3. The smallest absolute Gasteiger partial charge is 0.120 e. The van der Waals surface area contributed by atoms with E-state index in [0.717, 1.165) is 38.3 Å². The van der Waals surface area contributed by atoms with E-state index >= 15 is 0 Å². The fourth-order valence-corrected chi connectivity index (χ4v) is 5.32. The van der Waals surface area contributed by atoms with Crippen LogP contribution >= 0.6 is 11.3 Å². The molecule has 0 bridgehead atoms. The number of phenolic OH excluding ortho intramolecular Hbond substituents is 1. The highest BCUT2D eigenvalue weighted by Gasteiger charge is 2.35. The average Bonchev–Trinajstić information content (AvgIpc) is 3.36. The van der Waals surface area contributed by atoms with Crippen molar-refractivity contribution in [3.8, 4) is 5.75 Å². The van der Waals surface area contributed by atoms with Gasteiger partial charge in [0.2, 0.25) is 0 Å². The van der Waals surface area contributed by atoms with Crippen molar-refractivity contribution in [2.24, 2.45) is 0 Å². The topological polar surface area (TPSA) is 47.5 Å². The molecule has 1 saturated heterocycles. The van der Waals surface area contributed by atoms with Crippen molar-refractivity contribution in [3.05, 3.63) is 51.7 Å². The summed E-state index contributed by atoms with van der Waals surface area (Å²) in [6, 6.07) is 8.89. The van der Waals surface area contributed by atoms with Gasteiger partial charge in [-0.05, 0) is 59.9 Å². The van der Waals surface area contributed by atoms with E-state index in [9.17, 15) is 5.11 Å². The third-order valence-corrected chi connectivity index (χ3v) is 7.00. The third kappa shape index (κ3) is 4.21. The van der Waals surface area contributed by atoms with Gasteiger partial charge >= 0.3 is 0 Å². The van der Waals surface area contributed by atoms with Crippen LogP contribution in [0.15, 0.2) is 35.0 Å². The minimum Gasteiger partial charge on any atom is -0.508 e. The van der Waals surface area contributed by atoms with Gasteiger partial charge in [0.25, 0.3) is 0 Å². The van der Waals surface area contributed by atoms with E-state index in [1.165, 1.54) is 36.8 Å². The maximum absolute atomic E-state index is 10.4. The number of nitrogens with zero attached hydrogens (tertiary/aromatic N) is 1. The van der Waals surface area contributed by atoms with E-state index in [0.29, 0.717) is 11.8 Å². The number of benzene rings is 1. The Kier molecular flexibility index (Phi) is 5.83. The maximum atomic E-state index is 10.4. The number of phenols is 1. The Morgan fingerprint density at radius 3 is 2.89 bits per heavy atom. The molecular formula is C22H31N3OS. The maximum Gasteiger partial charge on any atom is 0.120 e. The van der Waals surface area contributed by atoms with Crippen LogP contribution in [-0.4, -0.2) is 35.7 Å². The van der Waals surface area contributed by atoms with Gasteiger partial charge < -0.3 is 15.7 Å². The number of rotatable bonds is 6. The van der Waals surface area contributed by atoms with Crippen LogP contribution in [-0.2, 0) is 18.6 Å². The molecule has 27 heavy (non-hydrogen) atoms. The van der Waals surface area contributed by atoms with E-state index < -0.39 is 0 Å². The molecule has 1 aromatic heterocycles. The minimum atomic E-state index is 0.130. The molecule has 4 nitrogen and oxygen atoms in total. The van der Waals surface area contributed by atoms with Crippen molar-refractivity contribution < 1.29 is 5.11 Å². The van der Waals surface area contributed by atoms with Crippen molar-refractivity contribution in [3.63, 3.8) is 0 Å². The van der Waals surface area contributed by atoms with E-state index in [4.69, 9.17) is 0 Å². The first-order chi connectivity index (χ1) is 13.2. The van der Waals surface area contributed by atoms with Gasteiger partial charge in [-0.3, -0.25) is 4.90 Å². The molecule has 0 spiro atoms. The molecule has 1 atom stereocenters. The van der Waals surface area contributed by atoms with Crippen molar-refractivity contribution in [1.82, 2.24) is 15.5 Å². The molecule has 5 heteroatoms. The molecule has 2 aliphatic rings. The summed E-state index contributed by atoms with van der Waals surface area (Å²) in [4.78, 5) is 2.45. The number of thiophene rings is 1. The molecule has 1 unspecified atom stereocenters. The van der Waals surface area contributed by atoms with E-state index in [-0.39, 0.29) is 5.54 Å². The minimum absolute atomic E-state index is 0.130. The van der Waals surface area contributed by atoms with Gasteiger partial charge in [-0.1, -0.05) is 18.9 Å². The van der Waals surface area contributed by atoms with Gasteiger partial charge in [-0.25, -0.2) is 0 Å². The molecule has 3 N–H and O–H groups in total. The van der Waals surface area contributed by atoms with Crippen molar-refractivity contribution in [1.29, 1.82) is 0 Å². The first kappa shape index (κ1) is 18.9. The Labute approximate surface area is 166 Å². The van der Waals surface area contributed by atoms with Gasteiger partial charge in [0, 0.05) is 49.9 Å². The zero-order valence-electron chi connectivity index (χ0n) is 16.2. The van der Waals surface area contributed by atoms with Crippen LogP contribution < -0.4 is 10.6 Å². The molecule has 0 radical (unpaired) electrons. The second-order valence-electron chi connectivity index (χ2n) is 8.14. The fraction of sp³-hybridized carbons (Fsp3) is 0.545. The molecule has 4 rings (SSSR count). The first-order valence-corrected chi connectivity index (χ1v) is 11.1. The second kappa shape index (κ2) is 8.31. The fourth-order valence-electron chi connectivity index (χ4n) is 4.57. The quantitative estimate of drug-likeness (QED) is 0.708. The van der Waals surface area contributed by atoms with E-state index in [1.807, 2.05) is 6.07 Å². The molecule has 2 heterocycles. The molecule has 1 saturated carbocycles. The zero-order valence-corrected chi connectivity index (χ0v) is 17.0. The lowest BCUT2D eigenvalue weighted by Gasteiger charge is -2.34. The van der Waals surface area contributed by atoms with Crippen molar-refractivity contribution >= 4 is 11.3 Å². The molecular weight excluding hydrogens is 354 g/mol. The number of nitrogens with one attached hydrogen (secondary N) is 2. The summed E-state index contributed by atoms with van der Waals surface area (Å²) in [6.07, 6.45) is 5.02. The largest absolute Gasteiger partial charge is 0.508 e. The Balaban J connectivity index is 1.46. The molecule has 2 aromatic rings. The highest BCUT2D eigenvalue weighted by molar-refractivity contribution is 7.08. The highest BCUT2D eigenvalue weighted by atomic mass is 32.1. The monoisotopic (exact) mass is 385 g/mol. The lowest BCUT2D eigenvalue weighted by Crippen LogP contribution is -2.49. The zero-order chi connectivity index (χ0) is 18.7. The predicted octanol–water partition coefficient (Wildman–Crippen LogP) is 3.81. The van der Waals surface area contributed by atoms with Gasteiger partial charge in [0.15, 0.2) is 0 Å². The summed E-state index contributed by atoms with van der Waals surface area (Å²) in [5, 5.41) is 22.2. The van der Waals surface area contributed by atoms with Crippen LogP contribution in [0.1, 0.15) is 49.3 Å². The Bertz CT molecular complexity index is 740. The van der Waals surface area contributed by atoms with Gasteiger partial charge in [-0.15, -0.1) is 0 Å². The Morgan fingerprint density at radius 2 is 2.15 bits per heavy atom. The third-order valence-electron chi connectivity index (χ3n) is 6.32. The summed E-state index contributed by atoms with van der Waals surface area (Å²) in [5.74, 6) is 0.415. The standard InChI is InChI=1S/C22H31N3OS/c1-17-13-23-9-10-25(17)15-19-12-18(4-5-21(19)26)14-24-22(7-2-3-8-22)20-6-11-27-16-20/h4-6,11-12,16-17,23-24,26H,2-3,7-10,13-15H2,1H3. The molecule has 2 fully saturated rings. The first-order valence-electron chi connectivity index (χ1n) is 10.2. The average molecular weight is 386 g/mol.